The van der Waals surface area contributed by atoms with Crippen molar-refractivity contribution < 1.29 is 14.2 Å². The number of rotatable bonds is 2. The molecule has 1 amide bonds. The van der Waals surface area contributed by atoms with Crippen LogP contribution in [0.2, 0.25) is 0 Å². The van der Waals surface area contributed by atoms with Gasteiger partial charge in [-0.25, -0.2) is 5.06 Å². The van der Waals surface area contributed by atoms with Crippen LogP contribution in [0.15, 0.2) is 10.7 Å². The van der Waals surface area contributed by atoms with Crippen LogP contribution in [0.1, 0.15) is 16.1 Å². The summed E-state index contributed by atoms with van der Waals surface area (Å²) < 4.78 is 4.73. The molecule has 0 aliphatic heterocycles. The van der Waals surface area contributed by atoms with E-state index in [2.05, 4.69) is 5.16 Å². The van der Waals surface area contributed by atoms with Gasteiger partial charge in [-0.15, -0.1) is 0 Å². The second-order valence-electron chi connectivity index (χ2n) is 2.28. The first kappa shape index (κ1) is 8.73. The Bertz CT molecular complexity index is 282. The van der Waals surface area contributed by atoms with Crippen LogP contribution in [0.3, 0.4) is 0 Å². The van der Waals surface area contributed by atoms with Crippen LogP contribution in [-0.2, 0) is 4.84 Å². The van der Waals surface area contributed by atoms with Crippen molar-refractivity contribution in [2.24, 2.45) is 0 Å². The summed E-state index contributed by atoms with van der Waals surface area (Å²) in [5.41, 5.74) is 0.416. The number of amides is 1. The standard InChI is InChI=1S/C7H10N2O3/c1-5-6(4-8-12-5)7(10)9(2)11-3/h4H,1-3H3. The number of carbonyl (C=O) groups excluding carboxylic acids is 1. The highest BCUT2D eigenvalue weighted by atomic mass is 16.7. The quantitative estimate of drug-likeness (QED) is 0.610. The van der Waals surface area contributed by atoms with Crippen molar-refractivity contribution >= 4 is 5.91 Å². The largest absolute Gasteiger partial charge is 0.361 e. The van der Waals surface area contributed by atoms with E-state index in [1.54, 1.807) is 6.92 Å². The Morgan fingerprint density at radius 1 is 1.75 bits per heavy atom. The average molecular weight is 170 g/mol. The second kappa shape index (κ2) is 3.36. The van der Waals surface area contributed by atoms with E-state index in [4.69, 9.17) is 9.36 Å². The molecule has 0 aliphatic carbocycles. The van der Waals surface area contributed by atoms with E-state index in [0.29, 0.717) is 11.3 Å². The molecule has 1 rings (SSSR count). The Morgan fingerprint density at radius 2 is 2.42 bits per heavy atom. The van der Waals surface area contributed by atoms with Gasteiger partial charge < -0.3 is 4.52 Å². The first-order chi connectivity index (χ1) is 5.66. The van der Waals surface area contributed by atoms with Crippen molar-refractivity contribution in [1.29, 1.82) is 0 Å². The molecule has 0 N–H and O–H groups in total. The van der Waals surface area contributed by atoms with Gasteiger partial charge >= 0.3 is 0 Å². The molecule has 0 unspecified atom stereocenters. The lowest BCUT2D eigenvalue weighted by Crippen LogP contribution is -2.25. The van der Waals surface area contributed by atoms with Crippen LogP contribution in [0, 0.1) is 6.92 Å². The van der Waals surface area contributed by atoms with Gasteiger partial charge in [0.1, 0.15) is 11.3 Å². The third-order valence-electron chi connectivity index (χ3n) is 1.54. The Hall–Kier alpha value is -1.36. The summed E-state index contributed by atoms with van der Waals surface area (Å²) in [5.74, 6) is 0.222. The number of hydrogen-bond donors (Lipinski definition) is 0. The van der Waals surface area contributed by atoms with Gasteiger partial charge in [0.25, 0.3) is 5.91 Å². The number of aryl methyl sites for hydroxylation is 1. The molecule has 5 nitrogen and oxygen atoms in total. The van der Waals surface area contributed by atoms with Crippen molar-refractivity contribution in [3.8, 4) is 0 Å². The van der Waals surface area contributed by atoms with Crippen LogP contribution in [0.4, 0.5) is 0 Å². The first-order valence-corrected chi connectivity index (χ1v) is 3.40. The molecule has 0 fully saturated rings. The maximum absolute atomic E-state index is 11.4. The molecule has 0 saturated carbocycles. The number of carbonyl (C=O) groups is 1. The summed E-state index contributed by atoms with van der Waals surface area (Å²) >= 11 is 0. The smallest absolute Gasteiger partial charge is 0.282 e. The molecule has 0 bridgehead atoms. The fraction of sp³-hybridized carbons (Fsp3) is 0.429. The monoisotopic (exact) mass is 170 g/mol. The molecule has 12 heavy (non-hydrogen) atoms. The normalized spacial score (nSPS) is 9.92. The van der Waals surface area contributed by atoms with Gasteiger partial charge in [0.15, 0.2) is 0 Å². The van der Waals surface area contributed by atoms with Crippen LogP contribution in [-0.4, -0.2) is 30.3 Å². The zero-order chi connectivity index (χ0) is 9.14. The van der Waals surface area contributed by atoms with E-state index in [1.165, 1.54) is 20.4 Å². The van der Waals surface area contributed by atoms with Gasteiger partial charge in [0, 0.05) is 7.05 Å². The molecule has 0 saturated heterocycles. The van der Waals surface area contributed by atoms with Crippen molar-refractivity contribution in [1.82, 2.24) is 10.2 Å². The van der Waals surface area contributed by atoms with Gasteiger partial charge in [0.2, 0.25) is 0 Å². The lowest BCUT2D eigenvalue weighted by atomic mass is 10.2. The highest BCUT2D eigenvalue weighted by molar-refractivity contribution is 5.93. The van der Waals surface area contributed by atoms with Gasteiger partial charge in [-0.05, 0) is 6.92 Å². The molecular weight excluding hydrogens is 160 g/mol. The lowest BCUT2D eigenvalue weighted by molar-refractivity contribution is -0.0757. The maximum atomic E-state index is 11.4. The molecule has 0 spiro atoms. The SMILES string of the molecule is CON(C)C(=O)c1cnoc1C. The van der Waals surface area contributed by atoms with E-state index in [0.717, 1.165) is 5.06 Å². The number of aromatic nitrogens is 1. The molecule has 5 heteroatoms. The number of hydroxylamine groups is 2. The average Bonchev–Trinajstić information content (AvgIpc) is 2.48. The zero-order valence-electron chi connectivity index (χ0n) is 7.20. The Morgan fingerprint density at radius 3 is 2.83 bits per heavy atom. The third-order valence-corrected chi connectivity index (χ3v) is 1.54. The predicted molar refractivity (Wildman–Crippen MR) is 40.3 cm³/mol. The van der Waals surface area contributed by atoms with Gasteiger partial charge in [0.05, 0.1) is 13.3 Å². The molecule has 0 aliphatic rings. The fourth-order valence-corrected chi connectivity index (χ4v) is 0.757. The van der Waals surface area contributed by atoms with E-state index in [9.17, 15) is 4.79 Å². The Labute approximate surface area is 69.8 Å². The molecule has 1 aromatic heterocycles. The summed E-state index contributed by atoms with van der Waals surface area (Å²) in [5, 5.41) is 4.59. The summed E-state index contributed by atoms with van der Waals surface area (Å²) in [6, 6.07) is 0. The van der Waals surface area contributed by atoms with Gasteiger partial charge in [-0.2, -0.15) is 0 Å². The van der Waals surface area contributed by atoms with Gasteiger partial charge in [-0.3, -0.25) is 9.63 Å². The van der Waals surface area contributed by atoms with Crippen molar-refractivity contribution in [2.45, 2.75) is 6.92 Å². The third kappa shape index (κ3) is 1.45. The summed E-state index contributed by atoms with van der Waals surface area (Å²) in [6.07, 6.45) is 1.37. The molecule has 0 radical (unpaired) electrons. The second-order valence-corrected chi connectivity index (χ2v) is 2.28. The topological polar surface area (TPSA) is 55.6 Å². The molecule has 0 aromatic carbocycles. The van der Waals surface area contributed by atoms with Crippen molar-refractivity contribution in [3.05, 3.63) is 17.5 Å². The molecule has 66 valence electrons. The molecule has 1 heterocycles. The lowest BCUT2D eigenvalue weighted by Gasteiger charge is -2.11. The predicted octanol–water partition coefficient (Wildman–Crippen LogP) is 0.616. The minimum absolute atomic E-state index is 0.267. The summed E-state index contributed by atoms with van der Waals surface area (Å²) in [4.78, 5) is 16.1. The summed E-state index contributed by atoms with van der Waals surface area (Å²) in [6.45, 7) is 1.67. The molecular formula is C7H10N2O3. The summed E-state index contributed by atoms with van der Waals surface area (Å²) in [7, 11) is 2.94. The Balaban J connectivity index is 2.85. The van der Waals surface area contributed by atoms with Gasteiger partial charge in [-0.1, -0.05) is 5.16 Å². The van der Waals surface area contributed by atoms with E-state index in [1.807, 2.05) is 0 Å². The molecule has 0 atom stereocenters. The van der Waals surface area contributed by atoms with Crippen molar-refractivity contribution in [2.75, 3.05) is 14.2 Å². The zero-order valence-corrected chi connectivity index (χ0v) is 7.20. The minimum Gasteiger partial charge on any atom is -0.361 e. The number of hydrogen-bond acceptors (Lipinski definition) is 4. The highest BCUT2D eigenvalue weighted by Gasteiger charge is 2.16. The first-order valence-electron chi connectivity index (χ1n) is 3.40. The highest BCUT2D eigenvalue weighted by Crippen LogP contribution is 2.08. The fourth-order valence-electron chi connectivity index (χ4n) is 0.757. The van der Waals surface area contributed by atoms with Crippen LogP contribution in [0.25, 0.3) is 0 Å². The van der Waals surface area contributed by atoms with Crippen LogP contribution in [0.5, 0.6) is 0 Å². The Kier molecular flexibility index (Phi) is 2.44. The van der Waals surface area contributed by atoms with E-state index in [-0.39, 0.29) is 5.91 Å². The van der Waals surface area contributed by atoms with E-state index < -0.39 is 0 Å². The number of nitrogens with zero attached hydrogens (tertiary/aromatic N) is 2. The molecule has 1 aromatic rings. The van der Waals surface area contributed by atoms with E-state index >= 15 is 0 Å². The maximum Gasteiger partial charge on any atom is 0.282 e. The van der Waals surface area contributed by atoms with Crippen molar-refractivity contribution in [3.63, 3.8) is 0 Å². The van der Waals surface area contributed by atoms with Crippen LogP contribution < -0.4 is 0 Å². The van der Waals surface area contributed by atoms with Crippen LogP contribution >= 0.6 is 0 Å². The minimum atomic E-state index is -0.267.